The molecule has 1 rings (SSSR count). The summed E-state index contributed by atoms with van der Waals surface area (Å²) in [6.07, 6.45) is 2.74. The zero-order chi connectivity index (χ0) is 13.4. The summed E-state index contributed by atoms with van der Waals surface area (Å²) in [5, 5.41) is 17.5. The van der Waals surface area contributed by atoms with E-state index >= 15 is 0 Å². The molecule has 0 amide bonds. The lowest BCUT2D eigenvalue weighted by Gasteiger charge is -2.08. The van der Waals surface area contributed by atoms with Crippen LogP contribution in [0.5, 0.6) is 0 Å². The maximum atomic E-state index is 10.6. The molecule has 0 unspecified atom stereocenters. The molecule has 1 heterocycles. The van der Waals surface area contributed by atoms with Crippen LogP contribution in [0.4, 0.5) is 0 Å². The highest BCUT2D eigenvalue weighted by Crippen LogP contribution is 2.18. The van der Waals surface area contributed by atoms with Crippen LogP contribution in [0, 0.1) is 0 Å². The van der Waals surface area contributed by atoms with Crippen molar-refractivity contribution < 1.29 is 14.6 Å². The summed E-state index contributed by atoms with van der Waals surface area (Å²) in [5.74, 6) is 0.0761. The van der Waals surface area contributed by atoms with Crippen molar-refractivity contribution in [3.05, 3.63) is 5.82 Å². The standard InChI is InChI=1S/C11H19N3O3S/c1-3-9-12-13-11(18-8-10(15)16)14(9)6-4-5-7-17-2/h3-8H2,1-2H3,(H,15,16). The van der Waals surface area contributed by atoms with Gasteiger partial charge in [-0.25, -0.2) is 0 Å². The number of carboxylic acid groups (broad SMARTS) is 1. The van der Waals surface area contributed by atoms with Crippen molar-refractivity contribution >= 4 is 17.7 Å². The topological polar surface area (TPSA) is 77.2 Å². The number of carbonyl (C=O) groups is 1. The first kappa shape index (κ1) is 15.0. The Labute approximate surface area is 111 Å². The molecule has 1 aromatic rings. The minimum atomic E-state index is -0.841. The largest absolute Gasteiger partial charge is 0.481 e. The third-order valence-electron chi connectivity index (χ3n) is 2.41. The van der Waals surface area contributed by atoms with Crippen LogP contribution >= 0.6 is 11.8 Å². The maximum Gasteiger partial charge on any atom is 0.313 e. The highest BCUT2D eigenvalue weighted by Gasteiger charge is 2.12. The Morgan fingerprint density at radius 1 is 1.44 bits per heavy atom. The van der Waals surface area contributed by atoms with Gasteiger partial charge in [0.1, 0.15) is 5.82 Å². The summed E-state index contributed by atoms with van der Waals surface area (Å²) >= 11 is 1.21. The lowest BCUT2D eigenvalue weighted by Crippen LogP contribution is -2.07. The van der Waals surface area contributed by atoms with E-state index in [4.69, 9.17) is 9.84 Å². The Morgan fingerprint density at radius 2 is 2.22 bits per heavy atom. The van der Waals surface area contributed by atoms with Gasteiger partial charge in [0.15, 0.2) is 5.16 Å². The summed E-state index contributed by atoms with van der Waals surface area (Å²) in [4.78, 5) is 10.6. The number of nitrogens with zero attached hydrogens (tertiary/aromatic N) is 3. The van der Waals surface area contributed by atoms with Gasteiger partial charge in [-0.3, -0.25) is 4.79 Å². The SMILES string of the molecule is CCc1nnc(SCC(=O)O)n1CCCCOC. The Bertz CT molecular complexity index is 382. The van der Waals surface area contributed by atoms with Crippen molar-refractivity contribution in [1.82, 2.24) is 14.8 Å². The molecule has 1 aromatic heterocycles. The fraction of sp³-hybridized carbons (Fsp3) is 0.727. The first-order valence-corrected chi connectivity index (χ1v) is 6.93. The van der Waals surface area contributed by atoms with E-state index < -0.39 is 5.97 Å². The number of thioether (sulfide) groups is 1. The third kappa shape index (κ3) is 4.66. The van der Waals surface area contributed by atoms with Crippen molar-refractivity contribution in [2.45, 2.75) is 37.9 Å². The Kier molecular flexibility index (Phi) is 6.74. The van der Waals surface area contributed by atoms with Crippen LogP contribution in [0.2, 0.25) is 0 Å². The molecule has 1 N–H and O–H groups in total. The number of unbranched alkanes of at least 4 members (excludes halogenated alkanes) is 1. The maximum absolute atomic E-state index is 10.6. The Balaban J connectivity index is 2.60. The van der Waals surface area contributed by atoms with E-state index in [0.717, 1.165) is 38.2 Å². The van der Waals surface area contributed by atoms with E-state index in [1.807, 2.05) is 11.5 Å². The average Bonchev–Trinajstić information content (AvgIpc) is 2.74. The van der Waals surface area contributed by atoms with Crippen LogP contribution in [-0.4, -0.2) is 45.3 Å². The van der Waals surface area contributed by atoms with Crippen LogP contribution in [0.1, 0.15) is 25.6 Å². The van der Waals surface area contributed by atoms with E-state index in [-0.39, 0.29) is 5.75 Å². The van der Waals surface area contributed by atoms with Crippen LogP contribution in [-0.2, 0) is 22.5 Å². The summed E-state index contributed by atoms with van der Waals surface area (Å²) in [6.45, 7) is 3.56. The van der Waals surface area contributed by atoms with Crippen molar-refractivity contribution in [3.8, 4) is 0 Å². The van der Waals surface area contributed by atoms with Crippen molar-refractivity contribution in [3.63, 3.8) is 0 Å². The number of hydrogen-bond donors (Lipinski definition) is 1. The molecule has 18 heavy (non-hydrogen) atoms. The van der Waals surface area contributed by atoms with Gasteiger partial charge in [0.25, 0.3) is 0 Å². The number of methoxy groups -OCH3 is 1. The number of hydrogen-bond acceptors (Lipinski definition) is 5. The van der Waals surface area contributed by atoms with E-state index in [0.29, 0.717) is 5.16 Å². The summed E-state index contributed by atoms with van der Waals surface area (Å²) in [6, 6.07) is 0. The number of ether oxygens (including phenoxy) is 1. The molecule has 0 aliphatic carbocycles. The Morgan fingerprint density at radius 3 is 2.83 bits per heavy atom. The average molecular weight is 273 g/mol. The normalized spacial score (nSPS) is 10.8. The van der Waals surface area contributed by atoms with Crippen LogP contribution < -0.4 is 0 Å². The summed E-state index contributed by atoms with van der Waals surface area (Å²) < 4.78 is 7.01. The molecule has 0 atom stereocenters. The van der Waals surface area contributed by atoms with Crippen LogP contribution in [0.25, 0.3) is 0 Å². The van der Waals surface area contributed by atoms with Gasteiger partial charge in [0, 0.05) is 26.7 Å². The lowest BCUT2D eigenvalue weighted by atomic mass is 10.3. The van der Waals surface area contributed by atoms with E-state index in [2.05, 4.69) is 10.2 Å². The van der Waals surface area contributed by atoms with Gasteiger partial charge in [0.2, 0.25) is 0 Å². The van der Waals surface area contributed by atoms with Crippen LogP contribution in [0.15, 0.2) is 5.16 Å². The number of aliphatic carboxylic acids is 1. The molecule has 7 heteroatoms. The zero-order valence-corrected chi connectivity index (χ0v) is 11.6. The smallest absolute Gasteiger partial charge is 0.313 e. The van der Waals surface area contributed by atoms with E-state index in [1.54, 1.807) is 7.11 Å². The molecule has 0 radical (unpaired) electrons. The molecule has 0 aromatic carbocycles. The van der Waals surface area contributed by atoms with Gasteiger partial charge >= 0.3 is 5.97 Å². The second kappa shape index (κ2) is 8.10. The van der Waals surface area contributed by atoms with E-state index in [9.17, 15) is 4.79 Å². The predicted molar refractivity (Wildman–Crippen MR) is 68.9 cm³/mol. The van der Waals surface area contributed by atoms with Gasteiger partial charge in [0.05, 0.1) is 5.75 Å². The van der Waals surface area contributed by atoms with Crippen molar-refractivity contribution in [2.24, 2.45) is 0 Å². The predicted octanol–water partition coefficient (Wildman–Crippen LogP) is 1.44. The molecule has 6 nitrogen and oxygen atoms in total. The van der Waals surface area contributed by atoms with Gasteiger partial charge in [-0.05, 0) is 12.8 Å². The molecule has 0 spiro atoms. The molecule has 0 saturated heterocycles. The lowest BCUT2D eigenvalue weighted by molar-refractivity contribution is -0.133. The fourth-order valence-electron chi connectivity index (χ4n) is 1.55. The van der Waals surface area contributed by atoms with Gasteiger partial charge in [-0.2, -0.15) is 0 Å². The van der Waals surface area contributed by atoms with Gasteiger partial charge in [-0.15, -0.1) is 10.2 Å². The molecule has 0 fully saturated rings. The van der Waals surface area contributed by atoms with Crippen LogP contribution in [0.3, 0.4) is 0 Å². The molecular formula is C11H19N3O3S. The first-order chi connectivity index (χ1) is 8.69. The fourth-order valence-corrected chi connectivity index (χ4v) is 2.26. The minimum Gasteiger partial charge on any atom is -0.481 e. The molecular weight excluding hydrogens is 254 g/mol. The molecule has 0 aliphatic heterocycles. The number of aromatic nitrogens is 3. The zero-order valence-electron chi connectivity index (χ0n) is 10.8. The van der Waals surface area contributed by atoms with E-state index in [1.165, 1.54) is 11.8 Å². The molecule has 0 aliphatic rings. The molecule has 0 saturated carbocycles. The summed E-state index contributed by atoms with van der Waals surface area (Å²) in [5.41, 5.74) is 0. The number of carboxylic acids is 1. The highest BCUT2D eigenvalue weighted by molar-refractivity contribution is 7.99. The first-order valence-electron chi connectivity index (χ1n) is 5.94. The monoisotopic (exact) mass is 273 g/mol. The second-order valence-corrected chi connectivity index (χ2v) is 4.73. The second-order valence-electron chi connectivity index (χ2n) is 3.79. The quantitative estimate of drug-likeness (QED) is 0.542. The highest BCUT2D eigenvalue weighted by atomic mass is 32.2. The molecule has 102 valence electrons. The summed E-state index contributed by atoms with van der Waals surface area (Å²) in [7, 11) is 1.68. The van der Waals surface area contributed by atoms with Gasteiger partial charge in [-0.1, -0.05) is 18.7 Å². The number of aryl methyl sites for hydroxylation is 1. The molecule has 0 bridgehead atoms. The Hall–Kier alpha value is -1.08. The van der Waals surface area contributed by atoms with Crippen molar-refractivity contribution in [2.75, 3.05) is 19.5 Å². The number of rotatable bonds is 9. The van der Waals surface area contributed by atoms with Gasteiger partial charge < -0.3 is 14.4 Å². The third-order valence-corrected chi connectivity index (χ3v) is 3.37. The minimum absolute atomic E-state index is 0.0138. The van der Waals surface area contributed by atoms with Crippen molar-refractivity contribution in [1.29, 1.82) is 0 Å².